The summed E-state index contributed by atoms with van der Waals surface area (Å²) in [5.74, 6) is 2.20. The fourth-order valence-electron chi connectivity index (χ4n) is 4.90. The van der Waals surface area contributed by atoms with Gasteiger partial charge in [-0.3, -0.25) is 9.59 Å². The molecule has 1 aliphatic rings. The summed E-state index contributed by atoms with van der Waals surface area (Å²) in [5.41, 5.74) is 1.27. The number of aromatic hydroxyl groups is 1. The van der Waals surface area contributed by atoms with E-state index in [2.05, 4.69) is 23.5 Å². The van der Waals surface area contributed by atoms with Crippen LogP contribution in [-0.4, -0.2) is 51.6 Å². The van der Waals surface area contributed by atoms with Crippen molar-refractivity contribution in [2.24, 2.45) is 5.92 Å². The van der Waals surface area contributed by atoms with E-state index >= 15 is 0 Å². The number of carbonyl (C=O) groups excluding carboxylic acids is 3. The smallest absolute Gasteiger partial charge is 0.408 e. The van der Waals surface area contributed by atoms with Crippen LogP contribution in [-0.2, 0) is 20.7 Å². The molecule has 1 fully saturated rings. The van der Waals surface area contributed by atoms with Crippen molar-refractivity contribution in [3.63, 3.8) is 0 Å². The number of hydrogen-bond donors (Lipinski definition) is 3. The second kappa shape index (κ2) is 13.6. The lowest BCUT2D eigenvalue weighted by atomic mass is 9.98. The van der Waals surface area contributed by atoms with Gasteiger partial charge >= 0.3 is 6.09 Å². The van der Waals surface area contributed by atoms with Gasteiger partial charge in [0.25, 0.3) is 0 Å². The largest absolute Gasteiger partial charge is 0.508 e. The molecule has 41 heavy (non-hydrogen) atoms. The summed E-state index contributed by atoms with van der Waals surface area (Å²) in [6.07, 6.45) is 7.43. The van der Waals surface area contributed by atoms with Crippen LogP contribution in [0.3, 0.4) is 0 Å². The number of alkyl carbamates (subject to hydrolysis) is 1. The summed E-state index contributed by atoms with van der Waals surface area (Å²) in [6, 6.07) is 11.3. The van der Waals surface area contributed by atoms with Gasteiger partial charge < -0.3 is 25.4 Å². The van der Waals surface area contributed by atoms with Crippen LogP contribution in [0.15, 0.2) is 48.5 Å². The summed E-state index contributed by atoms with van der Waals surface area (Å²) in [6.45, 7) is 11.3. The van der Waals surface area contributed by atoms with E-state index in [1.807, 2.05) is 13.8 Å². The molecule has 0 bridgehead atoms. The Labute approximate surface area is 243 Å². The predicted octanol–water partition coefficient (Wildman–Crippen LogP) is 5.09. The van der Waals surface area contributed by atoms with Crippen LogP contribution < -0.4 is 10.6 Å². The lowest BCUT2D eigenvalue weighted by molar-refractivity contribution is -0.143. The second-order valence-electron chi connectivity index (χ2n) is 12.0. The van der Waals surface area contributed by atoms with E-state index in [0.29, 0.717) is 11.1 Å². The molecular formula is C33H43N3O5. The van der Waals surface area contributed by atoms with Crippen LogP contribution in [0.25, 0.3) is 0 Å². The van der Waals surface area contributed by atoms with Crippen LogP contribution in [0.1, 0.15) is 83.5 Å². The second-order valence-corrected chi connectivity index (χ2v) is 12.0. The highest BCUT2D eigenvalue weighted by atomic mass is 16.6. The molecule has 2 aromatic carbocycles. The monoisotopic (exact) mass is 561 g/mol. The summed E-state index contributed by atoms with van der Waals surface area (Å²) in [4.78, 5) is 42.9. The maximum atomic E-state index is 14.5. The number of carbonyl (C=O) groups is 3. The molecule has 5 atom stereocenters. The first kappa shape index (κ1) is 31.5. The Hall–Kier alpha value is -3.99. The Bertz CT molecular complexity index is 1240. The van der Waals surface area contributed by atoms with Gasteiger partial charge in [0.05, 0.1) is 0 Å². The van der Waals surface area contributed by atoms with E-state index in [-0.39, 0.29) is 42.0 Å². The number of nitrogens with one attached hydrogen (secondary N) is 2. The third-order valence-corrected chi connectivity index (χ3v) is 7.07. The summed E-state index contributed by atoms with van der Waals surface area (Å²) in [5, 5.41) is 15.6. The van der Waals surface area contributed by atoms with Crippen molar-refractivity contribution in [2.45, 2.75) is 97.0 Å². The molecule has 2 aromatic rings. The van der Waals surface area contributed by atoms with E-state index < -0.39 is 23.8 Å². The minimum atomic E-state index is -1.02. The van der Waals surface area contributed by atoms with Gasteiger partial charge in [-0.15, -0.1) is 6.42 Å². The Morgan fingerprint density at radius 1 is 1.10 bits per heavy atom. The molecular weight excluding hydrogens is 518 g/mol. The third kappa shape index (κ3) is 9.01. The maximum absolute atomic E-state index is 14.5. The molecule has 0 saturated heterocycles. The molecule has 3 amide bonds. The van der Waals surface area contributed by atoms with Crippen molar-refractivity contribution >= 4 is 17.9 Å². The maximum Gasteiger partial charge on any atom is 0.408 e. The molecule has 8 nitrogen and oxygen atoms in total. The first-order valence-corrected chi connectivity index (χ1v) is 14.3. The SMILES string of the molecule is C#Cc1ccc(C(C(=O)NC(C)CCC)N(C(=O)C(Cc2ccc(O)cc2)NC(=O)OC(C)(C)C)C2CC2C)cc1. The standard InChI is InChI=1S/C33H43N3O5/c1-8-10-22(4)34-30(38)29(25-15-11-23(9-2)12-16-25)36(28-19-21(28)3)31(39)27(35-32(40)41-33(5,6)7)20-24-13-17-26(37)18-14-24/h2,11-18,21-22,27-29,37H,8,10,19-20H2,1,3-7H3,(H,34,38)(H,35,40). The molecule has 5 unspecified atom stereocenters. The van der Waals surface area contributed by atoms with Crippen molar-refractivity contribution in [3.05, 3.63) is 65.2 Å². The number of benzene rings is 2. The van der Waals surface area contributed by atoms with E-state index in [1.54, 1.807) is 62.1 Å². The van der Waals surface area contributed by atoms with E-state index in [4.69, 9.17) is 11.2 Å². The van der Waals surface area contributed by atoms with Crippen LogP contribution in [0, 0.1) is 18.3 Å². The molecule has 0 spiro atoms. The van der Waals surface area contributed by atoms with Crippen LogP contribution in [0.4, 0.5) is 4.79 Å². The number of ether oxygens (including phenoxy) is 1. The molecule has 0 heterocycles. The lowest BCUT2D eigenvalue weighted by Gasteiger charge is -2.35. The van der Waals surface area contributed by atoms with Gasteiger partial charge in [-0.25, -0.2) is 4.79 Å². The highest BCUT2D eigenvalue weighted by Crippen LogP contribution is 2.41. The fourth-order valence-corrected chi connectivity index (χ4v) is 4.90. The molecule has 3 rings (SSSR count). The first-order valence-electron chi connectivity index (χ1n) is 14.3. The Morgan fingerprint density at radius 3 is 2.22 bits per heavy atom. The number of phenols is 1. The van der Waals surface area contributed by atoms with E-state index in [0.717, 1.165) is 24.8 Å². The average Bonchev–Trinajstić information content (AvgIpc) is 3.62. The molecule has 0 aromatic heterocycles. The van der Waals surface area contributed by atoms with Gasteiger partial charge in [-0.1, -0.05) is 50.5 Å². The van der Waals surface area contributed by atoms with Crippen molar-refractivity contribution in [3.8, 4) is 18.1 Å². The molecule has 0 radical (unpaired) electrons. The van der Waals surface area contributed by atoms with Crippen molar-refractivity contribution < 1.29 is 24.2 Å². The number of nitrogens with zero attached hydrogens (tertiary/aromatic N) is 1. The predicted molar refractivity (Wildman–Crippen MR) is 159 cm³/mol. The minimum Gasteiger partial charge on any atom is -0.508 e. The quantitative estimate of drug-likeness (QED) is 0.331. The summed E-state index contributed by atoms with van der Waals surface area (Å²) >= 11 is 0. The van der Waals surface area contributed by atoms with Gasteiger partial charge in [-0.2, -0.15) is 0 Å². The van der Waals surface area contributed by atoms with Crippen LogP contribution in [0.2, 0.25) is 0 Å². The molecule has 0 aliphatic heterocycles. The Kier molecular flexibility index (Phi) is 10.4. The summed E-state index contributed by atoms with van der Waals surface area (Å²) in [7, 11) is 0. The molecule has 1 saturated carbocycles. The van der Waals surface area contributed by atoms with Crippen LogP contribution >= 0.6 is 0 Å². The normalized spacial score (nSPS) is 18.3. The minimum absolute atomic E-state index is 0.0822. The van der Waals surface area contributed by atoms with E-state index in [1.165, 1.54) is 12.1 Å². The Balaban J connectivity index is 2.05. The highest BCUT2D eigenvalue weighted by Gasteiger charge is 2.48. The number of terminal acetylenes is 1. The zero-order valence-corrected chi connectivity index (χ0v) is 24.9. The first-order chi connectivity index (χ1) is 19.3. The van der Waals surface area contributed by atoms with Crippen molar-refractivity contribution in [1.29, 1.82) is 0 Å². The summed E-state index contributed by atoms with van der Waals surface area (Å²) < 4.78 is 5.49. The third-order valence-electron chi connectivity index (χ3n) is 7.07. The molecule has 220 valence electrons. The lowest BCUT2D eigenvalue weighted by Crippen LogP contribution is -2.55. The topological polar surface area (TPSA) is 108 Å². The van der Waals surface area contributed by atoms with Gasteiger partial charge in [0, 0.05) is 24.1 Å². The number of amides is 3. The number of rotatable bonds is 11. The van der Waals surface area contributed by atoms with Crippen molar-refractivity contribution in [2.75, 3.05) is 0 Å². The van der Waals surface area contributed by atoms with Gasteiger partial charge in [0.15, 0.2) is 0 Å². The highest BCUT2D eigenvalue weighted by molar-refractivity contribution is 5.93. The molecule has 3 N–H and O–H groups in total. The van der Waals surface area contributed by atoms with E-state index in [9.17, 15) is 19.5 Å². The number of phenolic OH excluding ortho intramolecular Hbond substituents is 1. The van der Waals surface area contributed by atoms with Gasteiger partial charge in [0.1, 0.15) is 23.4 Å². The fraction of sp³-hybridized carbons (Fsp3) is 0.485. The zero-order valence-electron chi connectivity index (χ0n) is 24.9. The zero-order chi connectivity index (χ0) is 30.3. The average molecular weight is 562 g/mol. The van der Waals surface area contributed by atoms with Gasteiger partial charge in [0.2, 0.25) is 11.8 Å². The Morgan fingerprint density at radius 2 is 1.71 bits per heavy atom. The molecule has 8 heteroatoms. The van der Waals surface area contributed by atoms with Gasteiger partial charge in [-0.05, 0) is 81.8 Å². The molecule has 1 aliphatic carbocycles. The van der Waals surface area contributed by atoms with Crippen LogP contribution in [0.5, 0.6) is 5.75 Å². The number of hydrogen-bond acceptors (Lipinski definition) is 5. The van der Waals surface area contributed by atoms with Crippen molar-refractivity contribution in [1.82, 2.24) is 15.5 Å².